The molecule has 2 aromatic heterocycles. The number of likely N-dealkylation sites (N-methyl/N-ethyl adjacent to an activating group) is 1. The third-order valence-electron chi connectivity index (χ3n) is 3.33. The predicted octanol–water partition coefficient (Wildman–Crippen LogP) is 3.88. The molecule has 128 valence electrons. The summed E-state index contributed by atoms with van der Waals surface area (Å²) in [5.74, 6) is -0.479. The first-order chi connectivity index (χ1) is 12.0. The van der Waals surface area contributed by atoms with E-state index in [1.54, 1.807) is 19.2 Å². The number of thiazole rings is 1. The maximum absolute atomic E-state index is 12.1. The van der Waals surface area contributed by atoms with Gasteiger partial charge in [-0.2, -0.15) is 0 Å². The van der Waals surface area contributed by atoms with Gasteiger partial charge < -0.3 is 14.6 Å². The predicted molar refractivity (Wildman–Crippen MR) is 99.5 cm³/mol. The normalized spacial score (nSPS) is 10.5. The summed E-state index contributed by atoms with van der Waals surface area (Å²) < 4.78 is 6.00. The van der Waals surface area contributed by atoms with Crippen molar-refractivity contribution in [2.45, 2.75) is 0 Å². The average molecular weight is 420 g/mol. The Labute approximate surface area is 156 Å². The van der Waals surface area contributed by atoms with Crippen molar-refractivity contribution in [3.05, 3.63) is 58.3 Å². The van der Waals surface area contributed by atoms with Gasteiger partial charge in [-0.3, -0.25) is 9.59 Å². The molecular formula is C17H14BrN3O3S. The second-order valence-corrected chi connectivity index (χ2v) is 7.01. The van der Waals surface area contributed by atoms with Gasteiger partial charge >= 0.3 is 0 Å². The molecule has 0 aliphatic rings. The van der Waals surface area contributed by atoms with Gasteiger partial charge in [-0.1, -0.05) is 28.1 Å². The van der Waals surface area contributed by atoms with Crippen molar-refractivity contribution in [3.8, 4) is 11.3 Å². The van der Waals surface area contributed by atoms with Crippen LogP contribution in [0.4, 0.5) is 5.13 Å². The van der Waals surface area contributed by atoms with Crippen molar-refractivity contribution < 1.29 is 14.0 Å². The quantitative estimate of drug-likeness (QED) is 0.680. The first-order valence-corrected chi connectivity index (χ1v) is 9.00. The lowest BCUT2D eigenvalue weighted by atomic mass is 10.2. The molecule has 0 saturated carbocycles. The van der Waals surface area contributed by atoms with Crippen LogP contribution < -0.4 is 5.32 Å². The molecule has 0 fully saturated rings. The van der Waals surface area contributed by atoms with Crippen molar-refractivity contribution >= 4 is 44.2 Å². The van der Waals surface area contributed by atoms with Gasteiger partial charge in [-0.15, -0.1) is 11.3 Å². The lowest BCUT2D eigenvalue weighted by Gasteiger charge is -2.14. The van der Waals surface area contributed by atoms with Crippen LogP contribution in [-0.2, 0) is 4.79 Å². The standard InChI is InChI=1S/C17H14BrN3O3S/c1-21(16(23)14-6-3-7-24-14)9-15(22)20-17-19-13(10-25-17)11-4-2-5-12(18)8-11/h2-8,10H,9H2,1H3,(H,19,20,22). The summed E-state index contributed by atoms with van der Waals surface area (Å²) in [5, 5.41) is 5.07. The minimum Gasteiger partial charge on any atom is -0.459 e. The molecule has 0 saturated heterocycles. The smallest absolute Gasteiger partial charge is 0.289 e. The van der Waals surface area contributed by atoms with Crippen molar-refractivity contribution in [1.82, 2.24) is 9.88 Å². The van der Waals surface area contributed by atoms with E-state index in [0.717, 1.165) is 15.7 Å². The molecule has 25 heavy (non-hydrogen) atoms. The highest BCUT2D eigenvalue weighted by Gasteiger charge is 2.18. The number of nitrogens with one attached hydrogen (secondary N) is 1. The van der Waals surface area contributed by atoms with Crippen LogP contribution in [0.3, 0.4) is 0 Å². The SMILES string of the molecule is CN(CC(=O)Nc1nc(-c2cccc(Br)c2)cs1)C(=O)c1ccco1. The number of nitrogens with zero attached hydrogens (tertiary/aromatic N) is 2. The number of rotatable bonds is 5. The second-order valence-electron chi connectivity index (χ2n) is 5.23. The molecule has 6 nitrogen and oxygen atoms in total. The molecule has 2 amide bonds. The van der Waals surface area contributed by atoms with Gasteiger partial charge in [0, 0.05) is 22.5 Å². The maximum atomic E-state index is 12.1. The summed E-state index contributed by atoms with van der Waals surface area (Å²) in [6.45, 7) is -0.0919. The van der Waals surface area contributed by atoms with E-state index in [-0.39, 0.29) is 24.1 Å². The van der Waals surface area contributed by atoms with Crippen molar-refractivity contribution in [1.29, 1.82) is 0 Å². The number of hydrogen-bond donors (Lipinski definition) is 1. The number of aromatic nitrogens is 1. The van der Waals surface area contributed by atoms with Crippen LogP contribution >= 0.6 is 27.3 Å². The van der Waals surface area contributed by atoms with Crippen LogP contribution in [0.5, 0.6) is 0 Å². The highest BCUT2D eigenvalue weighted by atomic mass is 79.9. The second kappa shape index (κ2) is 7.62. The fourth-order valence-corrected chi connectivity index (χ4v) is 3.28. The molecule has 0 spiro atoms. The van der Waals surface area contributed by atoms with Gasteiger partial charge in [0.25, 0.3) is 5.91 Å². The Morgan fingerprint density at radius 1 is 1.32 bits per heavy atom. The number of carbonyl (C=O) groups is 2. The number of carbonyl (C=O) groups excluding carboxylic acids is 2. The van der Waals surface area contributed by atoms with Crippen LogP contribution in [0.2, 0.25) is 0 Å². The van der Waals surface area contributed by atoms with Crippen LogP contribution in [0.25, 0.3) is 11.3 Å². The zero-order valence-corrected chi connectivity index (χ0v) is 15.6. The van der Waals surface area contributed by atoms with Crippen LogP contribution in [0.1, 0.15) is 10.6 Å². The minimum atomic E-state index is -0.353. The molecule has 0 bridgehead atoms. The molecule has 1 aromatic carbocycles. The van der Waals surface area contributed by atoms with Gasteiger partial charge in [0.2, 0.25) is 5.91 Å². The topological polar surface area (TPSA) is 75.4 Å². The summed E-state index contributed by atoms with van der Waals surface area (Å²) in [4.78, 5) is 29.9. The Morgan fingerprint density at radius 2 is 2.16 bits per heavy atom. The summed E-state index contributed by atoms with van der Waals surface area (Å²) in [7, 11) is 1.54. The lowest BCUT2D eigenvalue weighted by Crippen LogP contribution is -2.34. The van der Waals surface area contributed by atoms with Crippen LogP contribution in [0, 0.1) is 0 Å². The summed E-state index contributed by atoms with van der Waals surface area (Å²) in [5.41, 5.74) is 1.73. The molecule has 0 aliphatic carbocycles. The van der Waals surface area contributed by atoms with Crippen LogP contribution in [0.15, 0.2) is 56.9 Å². The number of halogens is 1. The zero-order valence-electron chi connectivity index (χ0n) is 13.2. The van der Waals surface area contributed by atoms with Gasteiger partial charge in [-0.05, 0) is 24.3 Å². The van der Waals surface area contributed by atoms with Crippen molar-refractivity contribution in [2.24, 2.45) is 0 Å². The van der Waals surface area contributed by atoms with E-state index >= 15 is 0 Å². The van der Waals surface area contributed by atoms with E-state index in [0.29, 0.717) is 5.13 Å². The Hall–Kier alpha value is -2.45. The highest BCUT2D eigenvalue weighted by molar-refractivity contribution is 9.10. The van der Waals surface area contributed by atoms with E-state index < -0.39 is 0 Å². The number of benzene rings is 1. The highest BCUT2D eigenvalue weighted by Crippen LogP contribution is 2.26. The van der Waals surface area contributed by atoms with E-state index in [1.165, 1.54) is 22.5 Å². The first kappa shape index (κ1) is 17.4. The van der Waals surface area contributed by atoms with Crippen molar-refractivity contribution in [3.63, 3.8) is 0 Å². The van der Waals surface area contributed by atoms with Crippen LogP contribution in [-0.4, -0.2) is 35.3 Å². The largest absolute Gasteiger partial charge is 0.459 e. The Morgan fingerprint density at radius 3 is 2.88 bits per heavy atom. The summed E-state index contributed by atoms with van der Waals surface area (Å²) >= 11 is 4.76. The maximum Gasteiger partial charge on any atom is 0.289 e. The lowest BCUT2D eigenvalue weighted by molar-refractivity contribution is -0.116. The van der Waals surface area contributed by atoms with Gasteiger partial charge in [0.15, 0.2) is 10.9 Å². The summed E-state index contributed by atoms with van der Waals surface area (Å²) in [6, 6.07) is 10.9. The third kappa shape index (κ3) is 4.34. The summed E-state index contributed by atoms with van der Waals surface area (Å²) in [6.07, 6.45) is 1.42. The molecule has 1 N–H and O–H groups in total. The molecule has 2 heterocycles. The van der Waals surface area contributed by atoms with E-state index in [9.17, 15) is 9.59 Å². The Balaban J connectivity index is 1.61. The molecular weight excluding hydrogens is 406 g/mol. The Kier molecular flexibility index (Phi) is 5.30. The zero-order chi connectivity index (χ0) is 17.8. The third-order valence-corrected chi connectivity index (χ3v) is 4.58. The molecule has 3 rings (SSSR count). The fourth-order valence-electron chi connectivity index (χ4n) is 2.15. The van der Waals surface area contributed by atoms with E-state index in [4.69, 9.17) is 4.42 Å². The van der Waals surface area contributed by atoms with E-state index in [1.807, 2.05) is 29.6 Å². The van der Waals surface area contributed by atoms with Gasteiger partial charge in [-0.25, -0.2) is 4.98 Å². The molecule has 0 aliphatic heterocycles. The van der Waals surface area contributed by atoms with E-state index in [2.05, 4.69) is 26.2 Å². The fraction of sp³-hybridized carbons (Fsp3) is 0.118. The first-order valence-electron chi connectivity index (χ1n) is 7.33. The molecule has 0 radical (unpaired) electrons. The monoisotopic (exact) mass is 419 g/mol. The van der Waals surface area contributed by atoms with Gasteiger partial charge in [0.05, 0.1) is 12.0 Å². The number of anilines is 1. The Bertz CT molecular complexity index is 892. The molecule has 0 atom stereocenters. The van der Waals surface area contributed by atoms with Gasteiger partial charge in [0.1, 0.15) is 6.54 Å². The molecule has 3 aromatic rings. The molecule has 8 heteroatoms. The average Bonchev–Trinajstić information content (AvgIpc) is 3.25. The number of amides is 2. The number of hydrogen-bond acceptors (Lipinski definition) is 5. The number of furan rings is 1. The minimum absolute atomic E-state index is 0.0919. The van der Waals surface area contributed by atoms with Crippen molar-refractivity contribution in [2.75, 3.05) is 18.9 Å². The molecule has 0 unspecified atom stereocenters.